The predicted octanol–water partition coefficient (Wildman–Crippen LogP) is 3.73. The van der Waals surface area contributed by atoms with E-state index in [4.69, 9.17) is 10.5 Å². The summed E-state index contributed by atoms with van der Waals surface area (Å²) in [5.74, 6) is 0.257. The van der Waals surface area contributed by atoms with E-state index in [1.165, 1.54) is 11.1 Å². The van der Waals surface area contributed by atoms with Crippen LogP contribution in [0.4, 0.5) is 0 Å². The van der Waals surface area contributed by atoms with E-state index in [2.05, 4.69) is 37.0 Å². The molecule has 0 saturated carbocycles. The number of amides is 1. The molecule has 1 aromatic heterocycles. The van der Waals surface area contributed by atoms with Gasteiger partial charge in [0.25, 0.3) is 5.91 Å². The van der Waals surface area contributed by atoms with Crippen molar-refractivity contribution in [3.63, 3.8) is 0 Å². The second-order valence-corrected chi connectivity index (χ2v) is 7.81. The molecule has 3 rings (SSSR count). The second-order valence-electron chi connectivity index (χ2n) is 7.81. The normalized spacial score (nSPS) is 13.1. The van der Waals surface area contributed by atoms with Gasteiger partial charge < -0.3 is 20.1 Å². The Balaban J connectivity index is 1.70. The lowest BCUT2D eigenvalue weighted by Gasteiger charge is -2.22. The van der Waals surface area contributed by atoms with Crippen molar-refractivity contribution in [2.24, 2.45) is 5.73 Å². The first kappa shape index (κ1) is 21.6. The van der Waals surface area contributed by atoms with E-state index in [1.807, 2.05) is 24.3 Å². The lowest BCUT2D eigenvalue weighted by Crippen LogP contribution is -2.21. The summed E-state index contributed by atoms with van der Waals surface area (Å²) in [6.07, 6.45) is 3.89. The molecular weight excluding hydrogens is 378 g/mol. The molecule has 6 heteroatoms. The average Bonchev–Trinajstić information content (AvgIpc) is 3.16. The van der Waals surface area contributed by atoms with Crippen molar-refractivity contribution in [2.45, 2.75) is 52.4 Å². The summed E-state index contributed by atoms with van der Waals surface area (Å²) < 4.78 is 7.88. The third kappa shape index (κ3) is 5.48. The Morgan fingerprint density at radius 1 is 1.20 bits per heavy atom. The average molecular weight is 408 g/mol. The molecule has 2 aromatic carbocycles. The first-order chi connectivity index (χ1) is 14.3. The highest BCUT2D eigenvalue weighted by Crippen LogP contribution is 2.26. The number of carbonyl (C=O) groups is 1. The maximum atomic E-state index is 11.3. The van der Waals surface area contributed by atoms with Gasteiger partial charge in [-0.3, -0.25) is 4.79 Å². The van der Waals surface area contributed by atoms with Gasteiger partial charge in [0.2, 0.25) is 0 Å². The summed E-state index contributed by atoms with van der Waals surface area (Å²) >= 11 is 0. The Kier molecular flexibility index (Phi) is 6.90. The lowest BCUT2D eigenvalue weighted by molar-refractivity contribution is 0.0994. The molecule has 2 atom stereocenters. The van der Waals surface area contributed by atoms with Crippen molar-refractivity contribution >= 4 is 5.91 Å². The standard InChI is InChI=1S/C24H29N3O3/c1-16-10-17(2)12-19(11-16)14-30-23-7-5-4-6-20(23)8-9-22(18(3)28)27-13-21(24(25)29)26-15-27/h4-7,10-13,15,18,22,28H,8-9,14H2,1-3H3,(H2,25,29)/t18-,22+/m0/s1. The number of hydrogen-bond donors (Lipinski definition) is 2. The van der Waals surface area contributed by atoms with Gasteiger partial charge in [0.15, 0.2) is 0 Å². The summed E-state index contributed by atoms with van der Waals surface area (Å²) in [6.45, 7) is 6.40. The van der Waals surface area contributed by atoms with Crippen LogP contribution in [0.3, 0.4) is 0 Å². The number of para-hydroxylation sites is 1. The van der Waals surface area contributed by atoms with Gasteiger partial charge in [-0.2, -0.15) is 0 Å². The maximum absolute atomic E-state index is 11.3. The van der Waals surface area contributed by atoms with Crippen LogP contribution in [0, 0.1) is 13.8 Å². The molecule has 30 heavy (non-hydrogen) atoms. The van der Waals surface area contributed by atoms with Gasteiger partial charge >= 0.3 is 0 Å². The van der Waals surface area contributed by atoms with Crippen LogP contribution in [0.15, 0.2) is 55.0 Å². The largest absolute Gasteiger partial charge is 0.489 e. The molecule has 3 aromatic rings. The quantitative estimate of drug-likeness (QED) is 0.565. The van der Waals surface area contributed by atoms with Gasteiger partial charge in [0, 0.05) is 6.20 Å². The lowest BCUT2D eigenvalue weighted by atomic mass is 10.0. The van der Waals surface area contributed by atoms with Crippen molar-refractivity contribution < 1.29 is 14.6 Å². The number of nitrogens with zero attached hydrogens (tertiary/aromatic N) is 2. The van der Waals surface area contributed by atoms with Crippen LogP contribution >= 0.6 is 0 Å². The Hall–Kier alpha value is -3.12. The van der Waals surface area contributed by atoms with Crippen LogP contribution in [-0.4, -0.2) is 26.7 Å². The van der Waals surface area contributed by atoms with E-state index in [0.29, 0.717) is 19.4 Å². The van der Waals surface area contributed by atoms with Crippen molar-refractivity contribution in [1.82, 2.24) is 9.55 Å². The van der Waals surface area contributed by atoms with Crippen molar-refractivity contribution in [3.05, 3.63) is 82.9 Å². The molecule has 0 bridgehead atoms. The van der Waals surface area contributed by atoms with Crippen LogP contribution < -0.4 is 10.5 Å². The predicted molar refractivity (Wildman–Crippen MR) is 116 cm³/mol. The summed E-state index contributed by atoms with van der Waals surface area (Å²) in [5.41, 5.74) is 10.1. The molecule has 0 unspecified atom stereocenters. The first-order valence-corrected chi connectivity index (χ1v) is 10.1. The van der Waals surface area contributed by atoms with E-state index in [0.717, 1.165) is 16.9 Å². The number of nitrogens with two attached hydrogens (primary N) is 1. The van der Waals surface area contributed by atoms with Crippen LogP contribution in [0.2, 0.25) is 0 Å². The summed E-state index contributed by atoms with van der Waals surface area (Å²) in [6, 6.07) is 14.1. The topological polar surface area (TPSA) is 90.4 Å². The molecule has 0 aliphatic carbocycles. The van der Waals surface area contributed by atoms with Crippen LogP contribution in [-0.2, 0) is 13.0 Å². The van der Waals surface area contributed by atoms with Crippen LogP contribution in [0.25, 0.3) is 0 Å². The number of primary amides is 1. The third-order valence-corrected chi connectivity index (χ3v) is 5.15. The van der Waals surface area contributed by atoms with Gasteiger partial charge in [-0.15, -0.1) is 0 Å². The van der Waals surface area contributed by atoms with E-state index in [9.17, 15) is 9.90 Å². The first-order valence-electron chi connectivity index (χ1n) is 10.1. The van der Waals surface area contributed by atoms with Gasteiger partial charge in [0.1, 0.15) is 18.1 Å². The van der Waals surface area contributed by atoms with Gasteiger partial charge in [-0.05, 0) is 50.8 Å². The van der Waals surface area contributed by atoms with Gasteiger partial charge in [-0.1, -0.05) is 47.5 Å². The third-order valence-electron chi connectivity index (χ3n) is 5.15. The maximum Gasteiger partial charge on any atom is 0.268 e. The number of aliphatic hydroxyl groups is 1. The van der Waals surface area contributed by atoms with Crippen molar-refractivity contribution in [2.75, 3.05) is 0 Å². The van der Waals surface area contributed by atoms with Gasteiger partial charge in [0.05, 0.1) is 18.5 Å². The number of benzene rings is 2. The molecule has 158 valence electrons. The second kappa shape index (κ2) is 9.59. The minimum atomic E-state index is -0.608. The minimum Gasteiger partial charge on any atom is -0.489 e. The Morgan fingerprint density at radius 3 is 2.53 bits per heavy atom. The zero-order valence-electron chi connectivity index (χ0n) is 17.7. The summed E-state index contributed by atoms with van der Waals surface area (Å²) in [7, 11) is 0. The molecule has 3 N–H and O–H groups in total. The van der Waals surface area contributed by atoms with E-state index in [1.54, 1.807) is 24.0 Å². The number of carbonyl (C=O) groups excluding carboxylic acids is 1. The molecule has 0 spiro atoms. The molecule has 1 amide bonds. The summed E-state index contributed by atoms with van der Waals surface area (Å²) in [5, 5.41) is 10.3. The number of aliphatic hydroxyl groups excluding tert-OH is 1. The molecule has 6 nitrogen and oxygen atoms in total. The minimum absolute atomic E-state index is 0.192. The molecule has 1 heterocycles. The molecule has 0 aliphatic rings. The zero-order valence-corrected chi connectivity index (χ0v) is 17.7. The van der Waals surface area contributed by atoms with Crippen molar-refractivity contribution in [3.8, 4) is 5.75 Å². The number of aryl methyl sites for hydroxylation is 3. The fourth-order valence-corrected chi connectivity index (χ4v) is 3.75. The molecule has 0 radical (unpaired) electrons. The molecular formula is C24H29N3O3. The monoisotopic (exact) mass is 407 g/mol. The Morgan fingerprint density at radius 2 is 1.90 bits per heavy atom. The number of ether oxygens (including phenoxy) is 1. The van der Waals surface area contributed by atoms with Crippen LogP contribution in [0.5, 0.6) is 5.75 Å². The van der Waals surface area contributed by atoms with Gasteiger partial charge in [-0.25, -0.2) is 4.98 Å². The number of rotatable bonds is 9. The molecule has 0 fully saturated rings. The zero-order chi connectivity index (χ0) is 21.7. The van der Waals surface area contributed by atoms with Crippen molar-refractivity contribution in [1.29, 1.82) is 0 Å². The molecule has 0 aliphatic heterocycles. The smallest absolute Gasteiger partial charge is 0.268 e. The van der Waals surface area contributed by atoms with E-state index in [-0.39, 0.29) is 11.7 Å². The highest BCUT2D eigenvalue weighted by Gasteiger charge is 2.19. The van der Waals surface area contributed by atoms with E-state index < -0.39 is 12.0 Å². The van der Waals surface area contributed by atoms with Crippen LogP contribution in [0.1, 0.15) is 52.1 Å². The summed E-state index contributed by atoms with van der Waals surface area (Å²) in [4.78, 5) is 15.4. The molecule has 0 saturated heterocycles. The fraction of sp³-hybridized carbons (Fsp3) is 0.333. The number of hydrogen-bond acceptors (Lipinski definition) is 4. The number of imidazole rings is 1. The number of aromatic nitrogens is 2. The Bertz CT molecular complexity index is 990. The SMILES string of the molecule is Cc1cc(C)cc(COc2ccccc2CC[C@H]([C@H](C)O)n2cnc(C(N)=O)c2)c1. The fourth-order valence-electron chi connectivity index (χ4n) is 3.75. The van der Waals surface area contributed by atoms with E-state index >= 15 is 0 Å². The highest BCUT2D eigenvalue weighted by molar-refractivity contribution is 5.90. The highest BCUT2D eigenvalue weighted by atomic mass is 16.5. The Labute approximate surface area is 177 Å².